The Kier molecular flexibility index (Phi) is 4.42. The first kappa shape index (κ1) is 13.7. The van der Waals surface area contributed by atoms with Crippen LogP contribution in [0.15, 0.2) is 34.5 Å². The summed E-state index contributed by atoms with van der Waals surface area (Å²) < 4.78 is 2.27. The van der Waals surface area contributed by atoms with Crippen LogP contribution < -0.4 is 16.6 Å². The molecule has 6 heteroatoms. The van der Waals surface area contributed by atoms with E-state index in [0.717, 1.165) is 4.57 Å². The standard InChI is InChI=1S/C12H15N3O3/c1-4-7-13-10(16)6-5-9-8-14(2)12(18)15(3)11(9)17/h4-6,8H,1,7H2,2-3H3,(H,13,16)/b6-5+. The second-order valence-corrected chi connectivity index (χ2v) is 3.71. The van der Waals surface area contributed by atoms with E-state index in [1.165, 1.54) is 37.0 Å². The first-order valence-corrected chi connectivity index (χ1v) is 5.31. The van der Waals surface area contributed by atoms with Gasteiger partial charge in [-0.05, 0) is 6.08 Å². The maximum atomic E-state index is 11.7. The van der Waals surface area contributed by atoms with Crippen molar-refractivity contribution in [2.24, 2.45) is 14.1 Å². The zero-order valence-electron chi connectivity index (χ0n) is 10.3. The zero-order valence-corrected chi connectivity index (χ0v) is 10.3. The molecule has 0 saturated carbocycles. The second-order valence-electron chi connectivity index (χ2n) is 3.71. The predicted octanol–water partition coefficient (Wildman–Crippen LogP) is -0.601. The Morgan fingerprint density at radius 3 is 2.72 bits per heavy atom. The van der Waals surface area contributed by atoms with Crippen molar-refractivity contribution in [2.75, 3.05) is 6.54 Å². The van der Waals surface area contributed by atoms with Crippen molar-refractivity contribution in [3.63, 3.8) is 0 Å². The van der Waals surface area contributed by atoms with E-state index in [2.05, 4.69) is 11.9 Å². The highest BCUT2D eigenvalue weighted by Gasteiger charge is 2.04. The summed E-state index contributed by atoms with van der Waals surface area (Å²) in [5.41, 5.74) is -0.576. The minimum atomic E-state index is -0.439. The molecule has 18 heavy (non-hydrogen) atoms. The minimum Gasteiger partial charge on any atom is -0.349 e. The van der Waals surface area contributed by atoms with E-state index in [4.69, 9.17) is 0 Å². The van der Waals surface area contributed by atoms with Gasteiger partial charge in [0.15, 0.2) is 0 Å². The summed E-state index contributed by atoms with van der Waals surface area (Å²) in [6.07, 6.45) is 5.56. The highest BCUT2D eigenvalue weighted by Crippen LogP contribution is 1.91. The van der Waals surface area contributed by atoms with Gasteiger partial charge >= 0.3 is 5.69 Å². The smallest absolute Gasteiger partial charge is 0.330 e. The molecule has 1 rings (SSSR count). The summed E-state index contributed by atoms with van der Waals surface area (Å²) in [7, 11) is 2.93. The van der Waals surface area contributed by atoms with E-state index in [0.29, 0.717) is 6.54 Å². The SMILES string of the molecule is C=CCNC(=O)/C=C/c1cn(C)c(=O)n(C)c1=O. The minimum absolute atomic E-state index is 0.272. The van der Waals surface area contributed by atoms with Crippen molar-refractivity contribution >= 4 is 12.0 Å². The molecule has 6 nitrogen and oxygen atoms in total. The van der Waals surface area contributed by atoms with Crippen LogP contribution in [0.1, 0.15) is 5.56 Å². The number of hydrogen-bond acceptors (Lipinski definition) is 3. The molecule has 1 aromatic rings. The number of aromatic nitrogens is 2. The van der Waals surface area contributed by atoms with E-state index in [1.807, 2.05) is 0 Å². The van der Waals surface area contributed by atoms with E-state index >= 15 is 0 Å². The van der Waals surface area contributed by atoms with Crippen LogP contribution in [0.3, 0.4) is 0 Å². The Balaban J connectivity index is 3.02. The number of rotatable bonds is 4. The van der Waals surface area contributed by atoms with Crippen LogP contribution in [0.25, 0.3) is 6.08 Å². The fourth-order valence-electron chi connectivity index (χ4n) is 1.35. The molecule has 0 bridgehead atoms. The fraction of sp³-hybridized carbons (Fsp3) is 0.250. The summed E-state index contributed by atoms with van der Waals surface area (Å²) in [4.78, 5) is 34.5. The summed E-state index contributed by atoms with van der Waals surface area (Å²) in [5.74, 6) is -0.328. The van der Waals surface area contributed by atoms with Gasteiger partial charge in [0.05, 0.1) is 5.56 Å². The number of carbonyl (C=O) groups is 1. The number of carbonyl (C=O) groups excluding carboxylic acids is 1. The topological polar surface area (TPSA) is 73.1 Å². The summed E-state index contributed by atoms with van der Waals surface area (Å²) in [5, 5.41) is 2.54. The Morgan fingerprint density at radius 2 is 2.11 bits per heavy atom. The van der Waals surface area contributed by atoms with Crippen molar-refractivity contribution in [3.8, 4) is 0 Å². The molecule has 0 atom stereocenters. The van der Waals surface area contributed by atoms with Gasteiger partial charge in [0, 0.05) is 32.9 Å². The molecule has 0 aliphatic heterocycles. The third kappa shape index (κ3) is 3.07. The van der Waals surface area contributed by atoms with E-state index < -0.39 is 11.2 Å². The van der Waals surface area contributed by atoms with Crippen LogP contribution in [-0.2, 0) is 18.9 Å². The number of hydrogen-bond donors (Lipinski definition) is 1. The Hall–Kier alpha value is -2.37. The molecule has 0 aromatic carbocycles. The highest BCUT2D eigenvalue weighted by molar-refractivity contribution is 5.91. The van der Waals surface area contributed by atoms with Gasteiger partial charge in [0.1, 0.15) is 0 Å². The van der Waals surface area contributed by atoms with Crippen molar-refractivity contribution in [1.29, 1.82) is 0 Å². The molecule has 0 unspecified atom stereocenters. The number of amides is 1. The molecular formula is C12H15N3O3. The van der Waals surface area contributed by atoms with Crippen LogP contribution in [0.4, 0.5) is 0 Å². The van der Waals surface area contributed by atoms with Crippen LogP contribution in [0.2, 0.25) is 0 Å². The monoisotopic (exact) mass is 249 g/mol. The molecule has 1 N–H and O–H groups in total. The lowest BCUT2D eigenvalue weighted by Gasteiger charge is -2.03. The van der Waals surface area contributed by atoms with Crippen molar-refractivity contribution < 1.29 is 4.79 Å². The zero-order chi connectivity index (χ0) is 13.7. The third-order valence-corrected chi connectivity index (χ3v) is 2.31. The lowest BCUT2D eigenvalue weighted by Crippen LogP contribution is -2.37. The van der Waals surface area contributed by atoms with Gasteiger partial charge in [-0.15, -0.1) is 6.58 Å². The molecule has 0 aliphatic rings. The second kappa shape index (κ2) is 5.81. The van der Waals surface area contributed by atoms with E-state index in [1.54, 1.807) is 6.08 Å². The first-order valence-electron chi connectivity index (χ1n) is 5.31. The highest BCUT2D eigenvalue weighted by atomic mass is 16.2. The molecule has 0 aliphatic carbocycles. The average molecular weight is 249 g/mol. The van der Waals surface area contributed by atoms with Gasteiger partial charge in [0.2, 0.25) is 5.91 Å². The third-order valence-electron chi connectivity index (χ3n) is 2.31. The number of nitrogens with zero attached hydrogens (tertiary/aromatic N) is 2. The molecule has 96 valence electrons. The molecule has 0 spiro atoms. The maximum absolute atomic E-state index is 11.7. The summed E-state index contributed by atoms with van der Waals surface area (Å²) in [6, 6.07) is 0. The van der Waals surface area contributed by atoms with Gasteiger partial charge in [0.25, 0.3) is 5.56 Å². The molecule has 1 amide bonds. The largest absolute Gasteiger partial charge is 0.349 e. The van der Waals surface area contributed by atoms with Crippen LogP contribution in [0, 0.1) is 0 Å². The molecule has 1 heterocycles. The van der Waals surface area contributed by atoms with Gasteiger partial charge in [-0.3, -0.25) is 14.2 Å². The molecular weight excluding hydrogens is 234 g/mol. The lowest BCUT2D eigenvalue weighted by atomic mass is 10.3. The summed E-state index contributed by atoms with van der Waals surface area (Å²) in [6.45, 7) is 3.82. The van der Waals surface area contributed by atoms with E-state index in [-0.39, 0.29) is 11.5 Å². The quantitative estimate of drug-likeness (QED) is 0.572. The van der Waals surface area contributed by atoms with Crippen molar-refractivity contribution in [2.45, 2.75) is 0 Å². The van der Waals surface area contributed by atoms with Gasteiger partial charge < -0.3 is 9.88 Å². The van der Waals surface area contributed by atoms with Crippen LogP contribution in [0.5, 0.6) is 0 Å². The van der Waals surface area contributed by atoms with Gasteiger partial charge in [-0.1, -0.05) is 6.08 Å². The van der Waals surface area contributed by atoms with Crippen LogP contribution in [-0.4, -0.2) is 21.6 Å². The lowest BCUT2D eigenvalue weighted by molar-refractivity contribution is -0.116. The van der Waals surface area contributed by atoms with Gasteiger partial charge in [-0.25, -0.2) is 4.79 Å². The normalized spacial score (nSPS) is 10.6. The Morgan fingerprint density at radius 1 is 1.44 bits per heavy atom. The Labute approximate surface area is 104 Å². The fourth-order valence-corrected chi connectivity index (χ4v) is 1.35. The number of nitrogens with one attached hydrogen (secondary N) is 1. The average Bonchev–Trinajstić information content (AvgIpc) is 2.36. The summed E-state index contributed by atoms with van der Waals surface area (Å²) >= 11 is 0. The first-order chi connectivity index (χ1) is 8.47. The molecule has 0 fully saturated rings. The number of aryl methyl sites for hydroxylation is 1. The van der Waals surface area contributed by atoms with E-state index in [9.17, 15) is 14.4 Å². The van der Waals surface area contributed by atoms with Gasteiger partial charge in [-0.2, -0.15) is 0 Å². The maximum Gasteiger partial charge on any atom is 0.330 e. The van der Waals surface area contributed by atoms with Crippen molar-refractivity contribution in [1.82, 2.24) is 14.5 Å². The van der Waals surface area contributed by atoms with Crippen LogP contribution >= 0.6 is 0 Å². The molecule has 1 aromatic heterocycles. The molecule has 0 saturated heterocycles. The Bertz CT molecular complexity index is 608. The predicted molar refractivity (Wildman–Crippen MR) is 69.2 cm³/mol. The van der Waals surface area contributed by atoms with Crippen molar-refractivity contribution in [3.05, 3.63) is 51.3 Å². The molecule has 0 radical (unpaired) electrons.